The first-order valence-corrected chi connectivity index (χ1v) is 7.22. The number of halogens is 3. The summed E-state index contributed by atoms with van der Waals surface area (Å²) < 4.78 is 0. The zero-order valence-corrected chi connectivity index (χ0v) is 8.37. The van der Waals surface area contributed by atoms with Crippen LogP contribution in [0.4, 0.5) is 0 Å². The Labute approximate surface area is 67.2 Å². The zero-order valence-electron chi connectivity index (χ0n) is 1.94. The van der Waals surface area contributed by atoms with E-state index in [9.17, 15) is 0 Å². The quantitative estimate of drug-likeness (QED) is 0.603. The molecule has 0 rings (SSSR count). The third-order valence-corrected chi connectivity index (χ3v) is 0. The van der Waals surface area contributed by atoms with E-state index in [-0.39, 0.29) is 0 Å². The summed E-state index contributed by atoms with van der Waals surface area (Å²) >= 11 is 8.85. The molecule has 0 radical (unpaired) electrons. The number of hydrogen-bond donors (Lipinski definition) is 0. The van der Waals surface area contributed by atoms with Crippen LogP contribution in [0.25, 0.3) is 0 Å². The van der Waals surface area contributed by atoms with E-state index in [0.29, 0.717) is 0 Å². The Morgan fingerprint density at radius 1 is 1.40 bits per heavy atom. The van der Waals surface area contributed by atoms with Gasteiger partial charge in [-0.1, -0.05) is 0 Å². The summed E-state index contributed by atoms with van der Waals surface area (Å²) in [6, 6.07) is 0. The van der Waals surface area contributed by atoms with E-state index in [2.05, 4.69) is 37.5 Å². The van der Waals surface area contributed by atoms with Crippen molar-refractivity contribution in [1.29, 1.82) is 0 Å². The standard InChI is InChI=1S/2BrH.ClH.Cu.Ti/h3*1H;;/q;;;+2;+1/p-3. The van der Waals surface area contributed by atoms with Crippen molar-refractivity contribution in [2.24, 2.45) is 0 Å². The van der Waals surface area contributed by atoms with Crippen LogP contribution in [-0.4, -0.2) is 0 Å². The molecule has 0 aromatic rings. The van der Waals surface area contributed by atoms with Gasteiger partial charge in [-0.25, -0.2) is 0 Å². The first-order valence-electron chi connectivity index (χ1n) is 0.417. The van der Waals surface area contributed by atoms with Crippen molar-refractivity contribution < 1.29 is 30.7 Å². The van der Waals surface area contributed by atoms with Crippen molar-refractivity contribution in [2.45, 2.75) is 0 Å². The molecule has 0 nitrogen and oxygen atoms in total. The molecule has 0 atom stereocenters. The molecule has 5 heteroatoms. The van der Waals surface area contributed by atoms with Crippen molar-refractivity contribution in [2.75, 3.05) is 0 Å². The Kier molecular flexibility index (Phi) is 33.6. The van der Waals surface area contributed by atoms with Crippen LogP contribution in [0.1, 0.15) is 0 Å². The molecule has 0 bridgehead atoms. The minimum absolute atomic E-state index is 1.44. The van der Waals surface area contributed by atoms with Crippen LogP contribution in [0.5, 0.6) is 0 Å². The minimum atomic E-state index is 1.44. The molecule has 0 aromatic carbocycles. The molecule has 0 heterocycles. The summed E-state index contributed by atoms with van der Waals surface area (Å²) in [6.07, 6.45) is 0. The first kappa shape index (κ1) is 10.5. The van der Waals surface area contributed by atoms with Gasteiger partial charge >= 0.3 is 68.2 Å². The maximum absolute atomic E-state index is 4.64. The molecule has 0 aliphatic rings. The average molecular weight is 307 g/mol. The van der Waals surface area contributed by atoms with Crippen LogP contribution in [-0.2, 0) is 30.7 Å². The van der Waals surface area contributed by atoms with Gasteiger partial charge in [0.2, 0.25) is 0 Å². The molecule has 0 aromatic heterocycles. The van der Waals surface area contributed by atoms with Gasteiger partial charge in [-0.3, -0.25) is 0 Å². The molecular weight excluding hydrogens is 307 g/mol. The third-order valence-electron chi connectivity index (χ3n) is 0. The molecule has 0 spiro atoms. The van der Waals surface area contributed by atoms with E-state index < -0.39 is 0 Å². The fourth-order valence-corrected chi connectivity index (χ4v) is 0. The summed E-state index contributed by atoms with van der Waals surface area (Å²) in [4.78, 5) is 0. The Bertz CT molecular complexity index is 9.61. The van der Waals surface area contributed by atoms with E-state index in [0.717, 1.165) is 0 Å². The van der Waals surface area contributed by atoms with Crippen LogP contribution in [0.15, 0.2) is 0 Å². The van der Waals surface area contributed by atoms with Gasteiger partial charge in [0.1, 0.15) is 0 Å². The van der Waals surface area contributed by atoms with Gasteiger partial charge in [0.25, 0.3) is 0 Å². The summed E-state index contributed by atoms with van der Waals surface area (Å²) in [5, 5.41) is 0. The second kappa shape index (κ2) is 16.1. The van der Waals surface area contributed by atoms with Gasteiger partial charge in [0.05, 0.1) is 0 Å². The van der Waals surface area contributed by atoms with Gasteiger partial charge in [0.15, 0.2) is 0 Å². The summed E-state index contributed by atoms with van der Waals surface area (Å²) in [5.41, 5.74) is 0. The van der Waals surface area contributed by atoms with E-state index in [1.54, 1.807) is 0 Å². The molecule has 5 heavy (non-hydrogen) atoms. The second-order valence-electron chi connectivity index (χ2n) is 0.0431. The van der Waals surface area contributed by atoms with Crippen molar-refractivity contribution in [3.05, 3.63) is 0 Å². The molecule has 0 aliphatic carbocycles. The monoisotopic (exact) mass is 304 g/mol. The van der Waals surface area contributed by atoms with Crippen LogP contribution in [0.3, 0.4) is 0 Å². The number of hydrogen-bond acceptors (Lipinski definition) is 0. The molecule has 36 valence electrons. The fourth-order valence-electron chi connectivity index (χ4n) is 0. The van der Waals surface area contributed by atoms with Gasteiger partial charge in [0, 0.05) is 0 Å². The van der Waals surface area contributed by atoms with Crippen molar-refractivity contribution in [1.82, 2.24) is 0 Å². The second-order valence-corrected chi connectivity index (χ2v) is 4.80. The molecular formula is Br2ClCuTi. The molecule has 0 saturated carbocycles. The van der Waals surface area contributed by atoms with Crippen molar-refractivity contribution in [3.63, 3.8) is 0 Å². The molecule has 0 saturated heterocycles. The van der Waals surface area contributed by atoms with Crippen LogP contribution < -0.4 is 0 Å². The summed E-state index contributed by atoms with van der Waals surface area (Å²) in [6.45, 7) is 0. The molecule has 0 N–H and O–H groups in total. The van der Waals surface area contributed by atoms with Crippen molar-refractivity contribution >= 4 is 37.5 Å². The topological polar surface area (TPSA) is 0 Å². The Morgan fingerprint density at radius 2 is 1.40 bits per heavy atom. The summed E-state index contributed by atoms with van der Waals surface area (Å²) in [5.74, 6) is 0. The van der Waals surface area contributed by atoms with E-state index in [4.69, 9.17) is 0 Å². The Hall–Kier alpha value is 2.48. The van der Waals surface area contributed by atoms with Crippen LogP contribution in [0.2, 0.25) is 0 Å². The Morgan fingerprint density at radius 3 is 1.40 bits per heavy atom. The SMILES string of the molecule is [Br][Cu][Br].[Cl][Ti]. The normalized spacial score (nSPS) is 5.20. The van der Waals surface area contributed by atoms with Gasteiger partial charge in [-0.2, -0.15) is 0 Å². The van der Waals surface area contributed by atoms with Crippen LogP contribution >= 0.6 is 37.5 Å². The van der Waals surface area contributed by atoms with E-state index in [1.807, 2.05) is 0 Å². The van der Waals surface area contributed by atoms with Gasteiger partial charge in [-0.15, -0.1) is 0 Å². The number of rotatable bonds is 0. The average Bonchev–Trinajstić information content (AvgIpc) is 1.46. The Balaban J connectivity index is 0. The predicted octanol–water partition coefficient (Wildman–Crippen LogP) is 2.38. The third kappa shape index (κ3) is 21.1. The van der Waals surface area contributed by atoms with E-state index >= 15 is 0 Å². The van der Waals surface area contributed by atoms with Crippen LogP contribution in [0, 0.1) is 0 Å². The molecule has 0 unspecified atom stereocenters. The maximum atomic E-state index is 4.64. The zero-order chi connectivity index (χ0) is 4.71. The predicted molar refractivity (Wildman–Crippen MR) is 23.7 cm³/mol. The van der Waals surface area contributed by atoms with E-state index in [1.165, 1.54) is 30.7 Å². The van der Waals surface area contributed by atoms with Gasteiger partial charge < -0.3 is 0 Å². The fraction of sp³-hybridized carbons (Fsp3) is 0. The molecule has 0 amide bonds. The van der Waals surface area contributed by atoms with Gasteiger partial charge in [-0.05, 0) is 0 Å². The summed E-state index contributed by atoms with van der Waals surface area (Å²) in [7, 11) is 4.64. The van der Waals surface area contributed by atoms with Crippen molar-refractivity contribution in [3.8, 4) is 0 Å². The molecule has 0 aliphatic heterocycles. The molecule has 0 fully saturated rings. The first-order chi connectivity index (χ1) is 2.41.